The van der Waals surface area contributed by atoms with Gasteiger partial charge in [-0.15, -0.1) is 0 Å². The van der Waals surface area contributed by atoms with Crippen LogP contribution in [0.15, 0.2) is 18.2 Å². The first-order valence-corrected chi connectivity index (χ1v) is 3.77. The van der Waals surface area contributed by atoms with Gasteiger partial charge in [0.2, 0.25) is 6.41 Å². The van der Waals surface area contributed by atoms with E-state index in [1.165, 1.54) is 19.2 Å². The molecule has 0 saturated carbocycles. The van der Waals surface area contributed by atoms with E-state index in [-0.39, 0.29) is 11.3 Å². The predicted molar refractivity (Wildman–Crippen MR) is 47.8 cm³/mol. The fourth-order valence-corrected chi connectivity index (χ4v) is 0.983. The van der Waals surface area contributed by atoms with Crippen molar-refractivity contribution in [1.82, 2.24) is 0 Å². The number of carboxylic acids is 1. The summed E-state index contributed by atoms with van der Waals surface area (Å²) >= 11 is 0. The first-order valence-electron chi connectivity index (χ1n) is 3.77. The molecule has 5 heteroatoms. The molecule has 0 saturated heterocycles. The summed E-state index contributed by atoms with van der Waals surface area (Å²) < 4.78 is 13.2. The highest BCUT2D eigenvalue weighted by Crippen LogP contribution is 2.18. The highest BCUT2D eigenvalue weighted by atomic mass is 19.1. The fraction of sp³-hybridized carbons (Fsp3) is 0.111. The first kappa shape index (κ1) is 10.2. The van der Waals surface area contributed by atoms with Crippen LogP contribution in [0.4, 0.5) is 10.1 Å². The van der Waals surface area contributed by atoms with Crippen molar-refractivity contribution >= 4 is 18.1 Å². The van der Waals surface area contributed by atoms with Crippen molar-refractivity contribution in [1.29, 1.82) is 0 Å². The van der Waals surface area contributed by atoms with Crippen LogP contribution >= 0.6 is 0 Å². The molecule has 1 aromatic carbocycles. The number of carbonyl (C=O) groups excluding carboxylic acids is 1. The number of aromatic carboxylic acids is 1. The van der Waals surface area contributed by atoms with E-state index < -0.39 is 11.8 Å². The summed E-state index contributed by atoms with van der Waals surface area (Å²) in [5.74, 6) is -1.94. The Bertz CT molecular complexity index is 378. The van der Waals surface area contributed by atoms with Crippen LogP contribution in [0.2, 0.25) is 0 Å². The number of halogens is 1. The van der Waals surface area contributed by atoms with Gasteiger partial charge < -0.3 is 10.0 Å². The van der Waals surface area contributed by atoms with Gasteiger partial charge in [0.15, 0.2) is 0 Å². The number of benzene rings is 1. The summed E-state index contributed by atoms with van der Waals surface area (Å²) in [7, 11) is 1.38. The minimum atomic E-state index is -1.20. The average molecular weight is 197 g/mol. The number of hydrogen-bond donors (Lipinski definition) is 1. The largest absolute Gasteiger partial charge is 0.478 e. The molecular weight excluding hydrogens is 189 g/mol. The topological polar surface area (TPSA) is 57.6 Å². The van der Waals surface area contributed by atoms with Crippen LogP contribution in [-0.4, -0.2) is 24.5 Å². The monoisotopic (exact) mass is 197 g/mol. The van der Waals surface area contributed by atoms with Crippen LogP contribution in [-0.2, 0) is 4.79 Å². The van der Waals surface area contributed by atoms with E-state index in [9.17, 15) is 14.0 Å². The minimum absolute atomic E-state index is 0.0463. The van der Waals surface area contributed by atoms with Crippen molar-refractivity contribution < 1.29 is 19.1 Å². The Morgan fingerprint density at radius 2 is 2.21 bits per heavy atom. The van der Waals surface area contributed by atoms with Crippen LogP contribution in [0.3, 0.4) is 0 Å². The third-order valence-corrected chi connectivity index (χ3v) is 1.73. The lowest BCUT2D eigenvalue weighted by atomic mass is 10.2. The molecule has 0 fully saturated rings. The van der Waals surface area contributed by atoms with E-state index in [1.807, 2.05) is 0 Å². The molecule has 4 nitrogen and oxygen atoms in total. The van der Waals surface area contributed by atoms with E-state index in [4.69, 9.17) is 5.11 Å². The highest BCUT2D eigenvalue weighted by molar-refractivity contribution is 5.88. The van der Waals surface area contributed by atoms with Crippen LogP contribution in [0, 0.1) is 5.82 Å². The fourth-order valence-electron chi connectivity index (χ4n) is 0.983. The van der Waals surface area contributed by atoms with Crippen molar-refractivity contribution in [3.05, 3.63) is 29.6 Å². The van der Waals surface area contributed by atoms with Crippen molar-refractivity contribution in [2.45, 2.75) is 0 Å². The number of amides is 1. The number of anilines is 1. The second-order valence-corrected chi connectivity index (χ2v) is 2.69. The lowest BCUT2D eigenvalue weighted by Gasteiger charge is -2.11. The van der Waals surface area contributed by atoms with Crippen LogP contribution in [0.5, 0.6) is 0 Å². The van der Waals surface area contributed by atoms with Gasteiger partial charge in [-0.05, 0) is 18.2 Å². The van der Waals surface area contributed by atoms with Gasteiger partial charge in [-0.3, -0.25) is 4.79 Å². The Labute approximate surface area is 79.6 Å². The normalized spacial score (nSPS) is 9.57. The summed E-state index contributed by atoms with van der Waals surface area (Å²) in [5, 5.41) is 8.55. The SMILES string of the molecule is CN(C=O)c1ccc(C(=O)O)cc1F. The molecule has 0 aliphatic carbocycles. The molecule has 0 bridgehead atoms. The molecule has 1 amide bonds. The van der Waals surface area contributed by atoms with E-state index in [0.717, 1.165) is 11.0 Å². The molecule has 0 radical (unpaired) electrons. The van der Waals surface area contributed by atoms with Gasteiger partial charge in [0.05, 0.1) is 11.3 Å². The smallest absolute Gasteiger partial charge is 0.335 e. The van der Waals surface area contributed by atoms with Crippen LogP contribution < -0.4 is 4.90 Å². The lowest BCUT2D eigenvalue weighted by Crippen LogP contribution is -2.15. The van der Waals surface area contributed by atoms with Crippen molar-refractivity contribution in [2.24, 2.45) is 0 Å². The Morgan fingerprint density at radius 1 is 1.57 bits per heavy atom. The number of carbonyl (C=O) groups is 2. The molecule has 0 heterocycles. The standard InChI is InChI=1S/C9H8FNO3/c1-11(5-12)8-3-2-6(9(13)14)4-7(8)10/h2-5H,1H3,(H,13,14). The van der Waals surface area contributed by atoms with Gasteiger partial charge in [0, 0.05) is 7.05 Å². The summed E-state index contributed by atoms with van der Waals surface area (Å²) in [5.41, 5.74) is -0.101. The molecule has 1 rings (SSSR count). The number of carboxylic acid groups (broad SMARTS) is 1. The van der Waals surface area contributed by atoms with Gasteiger partial charge >= 0.3 is 5.97 Å². The molecule has 1 aromatic rings. The molecular formula is C9H8FNO3. The molecule has 0 spiro atoms. The molecule has 0 aromatic heterocycles. The Morgan fingerprint density at radius 3 is 2.64 bits per heavy atom. The zero-order chi connectivity index (χ0) is 10.7. The second-order valence-electron chi connectivity index (χ2n) is 2.69. The number of nitrogens with zero attached hydrogens (tertiary/aromatic N) is 1. The molecule has 1 N–H and O–H groups in total. The maximum Gasteiger partial charge on any atom is 0.335 e. The quantitative estimate of drug-likeness (QED) is 0.738. The second kappa shape index (κ2) is 3.87. The van der Waals surface area contributed by atoms with Crippen molar-refractivity contribution in [3.8, 4) is 0 Å². The minimum Gasteiger partial charge on any atom is -0.478 e. The molecule has 0 atom stereocenters. The van der Waals surface area contributed by atoms with E-state index in [1.54, 1.807) is 0 Å². The molecule has 74 valence electrons. The zero-order valence-electron chi connectivity index (χ0n) is 7.40. The van der Waals surface area contributed by atoms with Gasteiger partial charge in [0.1, 0.15) is 5.82 Å². The lowest BCUT2D eigenvalue weighted by molar-refractivity contribution is -0.107. The molecule has 14 heavy (non-hydrogen) atoms. The Balaban J connectivity index is 3.13. The summed E-state index contributed by atoms with van der Waals surface area (Å²) in [6, 6.07) is 3.35. The maximum atomic E-state index is 13.2. The van der Waals surface area contributed by atoms with Crippen molar-refractivity contribution in [3.63, 3.8) is 0 Å². The number of rotatable bonds is 3. The molecule has 0 unspecified atom stereocenters. The third-order valence-electron chi connectivity index (χ3n) is 1.73. The Hall–Kier alpha value is -1.91. The predicted octanol–water partition coefficient (Wildman–Crippen LogP) is 1.12. The van der Waals surface area contributed by atoms with Gasteiger partial charge in [-0.1, -0.05) is 0 Å². The highest BCUT2D eigenvalue weighted by Gasteiger charge is 2.10. The summed E-state index contributed by atoms with van der Waals surface area (Å²) in [4.78, 5) is 21.8. The maximum absolute atomic E-state index is 13.2. The number of hydrogen-bond acceptors (Lipinski definition) is 2. The van der Waals surface area contributed by atoms with Crippen molar-refractivity contribution in [2.75, 3.05) is 11.9 Å². The van der Waals surface area contributed by atoms with Crippen LogP contribution in [0.25, 0.3) is 0 Å². The molecule has 0 aliphatic heterocycles. The Kier molecular flexibility index (Phi) is 2.81. The average Bonchev–Trinajstić information content (AvgIpc) is 2.16. The van der Waals surface area contributed by atoms with E-state index >= 15 is 0 Å². The summed E-state index contributed by atoms with van der Waals surface area (Å²) in [6.45, 7) is 0. The van der Waals surface area contributed by atoms with E-state index in [2.05, 4.69) is 0 Å². The van der Waals surface area contributed by atoms with Gasteiger partial charge in [-0.25, -0.2) is 9.18 Å². The zero-order valence-corrected chi connectivity index (χ0v) is 7.40. The summed E-state index contributed by atoms with van der Waals surface area (Å²) in [6.07, 6.45) is 0.443. The third kappa shape index (κ3) is 1.87. The van der Waals surface area contributed by atoms with Gasteiger partial charge in [-0.2, -0.15) is 0 Å². The van der Waals surface area contributed by atoms with Gasteiger partial charge in [0.25, 0.3) is 0 Å². The van der Waals surface area contributed by atoms with E-state index in [0.29, 0.717) is 6.41 Å². The van der Waals surface area contributed by atoms with Crippen LogP contribution in [0.1, 0.15) is 10.4 Å². The first-order chi connectivity index (χ1) is 6.56. The molecule has 0 aliphatic rings.